The highest BCUT2D eigenvalue weighted by atomic mass is 16.5. The van der Waals surface area contributed by atoms with Crippen molar-refractivity contribution in [3.63, 3.8) is 0 Å². The van der Waals surface area contributed by atoms with Gasteiger partial charge in [-0.2, -0.15) is 4.98 Å². The molecule has 0 saturated carbocycles. The maximum absolute atomic E-state index is 5.09. The molecule has 6 nitrogen and oxygen atoms in total. The molecule has 0 aromatic carbocycles. The highest BCUT2D eigenvalue weighted by Crippen LogP contribution is 2.46. The number of nitrogens with zero attached hydrogens (tertiary/aromatic N) is 4. The van der Waals surface area contributed by atoms with Crippen LogP contribution in [0.5, 0.6) is 0 Å². The number of aromatic nitrogens is 2. The van der Waals surface area contributed by atoms with Crippen LogP contribution in [-0.2, 0) is 6.54 Å². The molecule has 1 aliphatic heterocycles. The van der Waals surface area contributed by atoms with Gasteiger partial charge in [-0.25, -0.2) is 0 Å². The number of hydrogen-bond acceptors (Lipinski definition) is 4. The molecular weight excluding hydrogens is 242 g/mol. The van der Waals surface area contributed by atoms with Gasteiger partial charge >= 0.3 is 0 Å². The largest absolute Gasteiger partial charge is 0.347 e. The summed E-state index contributed by atoms with van der Waals surface area (Å²) in [6, 6.07) is 0. The summed E-state index contributed by atoms with van der Waals surface area (Å²) in [5.41, 5.74) is 0.366. The Hall–Kier alpha value is -1.59. The zero-order valence-corrected chi connectivity index (χ0v) is 12.6. The van der Waals surface area contributed by atoms with Crippen LogP contribution < -0.4 is 5.32 Å². The quantitative estimate of drug-likeness (QED) is 0.649. The van der Waals surface area contributed by atoms with Gasteiger partial charge in [0.1, 0.15) is 0 Å². The van der Waals surface area contributed by atoms with Gasteiger partial charge in [-0.15, -0.1) is 0 Å². The molecule has 1 aliphatic rings. The smallest absolute Gasteiger partial charge is 0.246 e. The van der Waals surface area contributed by atoms with Crippen LogP contribution in [0.25, 0.3) is 0 Å². The topological polar surface area (TPSA) is 66.5 Å². The highest BCUT2D eigenvalue weighted by Gasteiger charge is 2.53. The average Bonchev–Trinajstić information content (AvgIpc) is 2.74. The predicted molar refractivity (Wildman–Crippen MR) is 73.8 cm³/mol. The first kappa shape index (κ1) is 13.8. The minimum atomic E-state index is 0.0829. The monoisotopic (exact) mass is 265 g/mol. The number of hydrogen-bond donors (Lipinski definition) is 1. The van der Waals surface area contributed by atoms with Gasteiger partial charge < -0.3 is 14.7 Å². The van der Waals surface area contributed by atoms with Crippen molar-refractivity contribution in [2.75, 3.05) is 13.6 Å². The molecule has 1 N–H and O–H groups in total. The van der Waals surface area contributed by atoms with Gasteiger partial charge in [0.05, 0.1) is 6.54 Å². The zero-order valence-electron chi connectivity index (χ0n) is 12.6. The van der Waals surface area contributed by atoms with Gasteiger partial charge in [0.15, 0.2) is 11.8 Å². The SMILES string of the molecule is CN=C(NCc1nc(C)no1)N1CC(C)(C)C1(C)C. The van der Waals surface area contributed by atoms with Crippen LogP contribution in [0.1, 0.15) is 39.4 Å². The number of likely N-dealkylation sites (tertiary alicyclic amines) is 1. The third-order valence-corrected chi connectivity index (χ3v) is 4.32. The van der Waals surface area contributed by atoms with Gasteiger partial charge in [-0.05, 0) is 20.8 Å². The molecule has 0 spiro atoms. The third-order valence-electron chi connectivity index (χ3n) is 4.32. The molecule has 0 aliphatic carbocycles. The Morgan fingerprint density at radius 2 is 2.11 bits per heavy atom. The molecule has 0 bridgehead atoms. The summed E-state index contributed by atoms with van der Waals surface area (Å²) in [6.07, 6.45) is 0. The van der Waals surface area contributed by atoms with E-state index in [1.807, 2.05) is 6.92 Å². The van der Waals surface area contributed by atoms with Crippen molar-refractivity contribution in [2.24, 2.45) is 10.4 Å². The van der Waals surface area contributed by atoms with Crippen molar-refractivity contribution in [2.45, 2.75) is 46.7 Å². The second-order valence-electron chi connectivity index (χ2n) is 6.17. The summed E-state index contributed by atoms with van der Waals surface area (Å²) in [4.78, 5) is 10.8. The van der Waals surface area contributed by atoms with E-state index in [1.54, 1.807) is 7.05 Å². The van der Waals surface area contributed by atoms with E-state index in [0.717, 1.165) is 12.5 Å². The van der Waals surface area contributed by atoms with Crippen LogP contribution >= 0.6 is 0 Å². The Balaban J connectivity index is 1.99. The molecule has 1 aromatic rings. The Labute approximate surface area is 114 Å². The van der Waals surface area contributed by atoms with Crippen LogP contribution in [0.2, 0.25) is 0 Å². The molecule has 1 saturated heterocycles. The Kier molecular flexibility index (Phi) is 3.28. The lowest BCUT2D eigenvalue weighted by molar-refractivity contribution is -0.0668. The Morgan fingerprint density at radius 1 is 1.42 bits per heavy atom. The lowest BCUT2D eigenvalue weighted by atomic mass is 9.65. The molecule has 0 atom stereocenters. The van der Waals surface area contributed by atoms with Gasteiger partial charge in [0, 0.05) is 24.5 Å². The van der Waals surface area contributed by atoms with Gasteiger partial charge in [0.2, 0.25) is 5.89 Å². The van der Waals surface area contributed by atoms with Crippen LogP contribution in [0.3, 0.4) is 0 Å². The van der Waals surface area contributed by atoms with Crippen molar-refractivity contribution in [3.8, 4) is 0 Å². The van der Waals surface area contributed by atoms with E-state index in [1.165, 1.54) is 0 Å². The van der Waals surface area contributed by atoms with E-state index in [0.29, 0.717) is 18.3 Å². The summed E-state index contributed by atoms with van der Waals surface area (Å²) in [7, 11) is 1.79. The summed E-state index contributed by atoms with van der Waals surface area (Å²) >= 11 is 0. The lowest BCUT2D eigenvalue weighted by Gasteiger charge is -2.62. The minimum absolute atomic E-state index is 0.0829. The molecular formula is C13H23N5O. The lowest BCUT2D eigenvalue weighted by Crippen LogP contribution is -2.72. The van der Waals surface area contributed by atoms with Gasteiger partial charge in [-0.3, -0.25) is 4.99 Å². The second kappa shape index (κ2) is 4.51. The maximum atomic E-state index is 5.09. The van der Waals surface area contributed by atoms with Gasteiger partial charge in [0.25, 0.3) is 0 Å². The standard InChI is InChI=1S/C13H23N5O/c1-9-16-10(19-17-9)7-15-11(14-6)18-8-12(2,3)13(18,4)5/h7-8H2,1-6H3,(H,14,15). The molecule has 106 valence electrons. The summed E-state index contributed by atoms with van der Waals surface area (Å²) in [6.45, 7) is 12.3. The highest BCUT2D eigenvalue weighted by molar-refractivity contribution is 5.81. The van der Waals surface area contributed by atoms with E-state index in [9.17, 15) is 0 Å². The Bertz CT molecular complexity index is 489. The van der Waals surface area contributed by atoms with Crippen LogP contribution in [-0.4, -0.2) is 40.1 Å². The molecule has 0 amide bonds. The molecule has 1 aromatic heterocycles. The first-order valence-electron chi connectivity index (χ1n) is 6.55. The van der Waals surface area contributed by atoms with E-state index >= 15 is 0 Å². The number of nitrogens with one attached hydrogen (secondary N) is 1. The molecule has 2 rings (SSSR count). The fourth-order valence-corrected chi connectivity index (χ4v) is 2.26. The number of guanidine groups is 1. The molecule has 2 heterocycles. The van der Waals surface area contributed by atoms with Crippen LogP contribution in [0, 0.1) is 12.3 Å². The van der Waals surface area contributed by atoms with Crippen molar-refractivity contribution >= 4 is 5.96 Å². The summed E-state index contributed by atoms with van der Waals surface area (Å²) in [5, 5.41) is 7.05. The number of aryl methyl sites for hydroxylation is 1. The molecule has 6 heteroatoms. The third kappa shape index (κ3) is 2.31. The van der Waals surface area contributed by atoms with Crippen molar-refractivity contribution in [3.05, 3.63) is 11.7 Å². The molecule has 19 heavy (non-hydrogen) atoms. The average molecular weight is 265 g/mol. The van der Waals surface area contributed by atoms with E-state index in [2.05, 4.69) is 53.0 Å². The fraction of sp³-hybridized carbons (Fsp3) is 0.769. The van der Waals surface area contributed by atoms with E-state index < -0.39 is 0 Å². The van der Waals surface area contributed by atoms with Crippen molar-refractivity contribution in [1.82, 2.24) is 20.4 Å². The van der Waals surface area contributed by atoms with E-state index in [4.69, 9.17) is 4.52 Å². The number of aliphatic imine (C=N–C) groups is 1. The van der Waals surface area contributed by atoms with Crippen molar-refractivity contribution in [1.29, 1.82) is 0 Å². The first-order valence-corrected chi connectivity index (χ1v) is 6.55. The van der Waals surface area contributed by atoms with Gasteiger partial charge in [-0.1, -0.05) is 19.0 Å². The Morgan fingerprint density at radius 3 is 2.53 bits per heavy atom. The molecule has 0 radical (unpaired) electrons. The van der Waals surface area contributed by atoms with Crippen LogP contribution in [0.15, 0.2) is 9.52 Å². The molecule has 1 fully saturated rings. The first-order chi connectivity index (χ1) is 8.78. The maximum Gasteiger partial charge on any atom is 0.246 e. The summed E-state index contributed by atoms with van der Waals surface area (Å²) < 4.78 is 5.09. The zero-order chi connectivity index (χ0) is 14.3. The van der Waals surface area contributed by atoms with Crippen molar-refractivity contribution < 1.29 is 4.52 Å². The second-order valence-corrected chi connectivity index (χ2v) is 6.17. The predicted octanol–water partition coefficient (Wildman–Crippen LogP) is 1.57. The summed E-state index contributed by atoms with van der Waals surface area (Å²) in [5.74, 6) is 2.11. The van der Waals surface area contributed by atoms with Crippen LogP contribution in [0.4, 0.5) is 0 Å². The normalized spacial score (nSPS) is 21.2. The molecule has 0 unspecified atom stereocenters. The fourth-order valence-electron chi connectivity index (χ4n) is 2.26. The van der Waals surface area contributed by atoms with E-state index in [-0.39, 0.29) is 11.0 Å². The minimum Gasteiger partial charge on any atom is -0.347 e. The number of rotatable bonds is 2.